The van der Waals surface area contributed by atoms with Gasteiger partial charge >= 0.3 is 0 Å². The van der Waals surface area contributed by atoms with Crippen LogP contribution >= 0.6 is 0 Å². The Morgan fingerprint density at radius 1 is 1.25 bits per heavy atom. The summed E-state index contributed by atoms with van der Waals surface area (Å²) in [6, 6.07) is 9.78. The van der Waals surface area contributed by atoms with E-state index in [1.165, 1.54) is 0 Å². The maximum Gasteiger partial charge on any atom is 0.245 e. The fourth-order valence-corrected chi connectivity index (χ4v) is 3.52. The summed E-state index contributed by atoms with van der Waals surface area (Å²) in [4.78, 5) is 0.137. The number of aryl methyl sites for hydroxylation is 2. The second kappa shape index (κ2) is 5.76. The highest BCUT2D eigenvalue weighted by Crippen LogP contribution is 2.20. The average Bonchev–Trinajstić information content (AvgIpc) is 2.77. The van der Waals surface area contributed by atoms with E-state index in [-0.39, 0.29) is 10.8 Å². The minimum atomic E-state index is -3.59. The maximum atomic E-state index is 12.3. The van der Waals surface area contributed by atoms with Gasteiger partial charge in [-0.3, -0.25) is 0 Å². The molecule has 0 aliphatic rings. The number of nitrogens with zero attached hydrogens (tertiary/aromatic N) is 1. The zero-order chi connectivity index (χ0) is 14.8. The molecule has 1 heterocycles. The summed E-state index contributed by atoms with van der Waals surface area (Å²) in [6.07, 6.45) is 0. The van der Waals surface area contributed by atoms with Crippen LogP contribution < -0.4 is 4.72 Å². The van der Waals surface area contributed by atoms with Crippen molar-refractivity contribution in [2.75, 3.05) is 6.54 Å². The van der Waals surface area contributed by atoms with E-state index in [1.807, 2.05) is 37.3 Å². The summed E-state index contributed by atoms with van der Waals surface area (Å²) >= 11 is 0. The van der Waals surface area contributed by atoms with Gasteiger partial charge in [-0.15, -0.1) is 0 Å². The van der Waals surface area contributed by atoms with Gasteiger partial charge in [-0.1, -0.05) is 42.4 Å². The summed E-state index contributed by atoms with van der Waals surface area (Å²) in [7, 11) is -3.59. The van der Waals surface area contributed by atoms with Crippen molar-refractivity contribution in [3.05, 3.63) is 47.3 Å². The number of benzene rings is 1. The van der Waals surface area contributed by atoms with Gasteiger partial charge in [0, 0.05) is 6.54 Å². The molecule has 0 aliphatic heterocycles. The van der Waals surface area contributed by atoms with Crippen molar-refractivity contribution in [2.24, 2.45) is 0 Å². The Balaban J connectivity index is 2.11. The van der Waals surface area contributed by atoms with E-state index in [9.17, 15) is 8.42 Å². The first-order chi connectivity index (χ1) is 9.42. The topological polar surface area (TPSA) is 72.2 Å². The minimum Gasteiger partial charge on any atom is -0.360 e. The molecule has 108 valence electrons. The van der Waals surface area contributed by atoms with Gasteiger partial charge in [0.15, 0.2) is 5.76 Å². The molecule has 0 aliphatic carbocycles. The van der Waals surface area contributed by atoms with E-state index < -0.39 is 10.0 Å². The van der Waals surface area contributed by atoms with Gasteiger partial charge in [0.2, 0.25) is 10.0 Å². The lowest BCUT2D eigenvalue weighted by atomic mass is 10.0. The minimum absolute atomic E-state index is 0.0893. The molecule has 1 N–H and O–H groups in total. The molecule has 0 spiro atoms. The Kier molecular flexibility index (Phi) is 4.25. The van der Waals surface area contributed by atoms with Crippen LogP contribution in [0.2, 0.25) is 0 Å². The molecule has 0 radical (unpaired) electrons. The zero-order valence-electron chi connectivity index (χ0n) is 11.8. The summed E-state index contributed by atoms with van der Waals surface area (Å²) in [5, 5.41) is 3.67. The van der Waals surface area contributed by atoms with E-state index in [4.69, 9.17) is 4.52 Å². The third-order valence-corrected chi connectivity index (χ3v) is 4.85. The van der Waals surface area contributed by atoms with Gasteiger partial charge < -0.3 is 4.52 Å². The van der Waals surface area contributed by atoms with Crippen LogP contribution in [0.1, 0.15) is 29.9 Å². The lowest BCUT2D eigenvalue weighted by Crippen LogP contribution is -2.28. The predicted molar refractivity (Wildman–Crippen MR) is 76.0 cm³/mol. The van der Waals surface area contributed by atoms with Crippen molar-refractivity contribution in [3.63, 3.8) is 0 Å². The number of nitrogens with one attached hydrogen (secondary N) is 1. The van der Waals surface area contributed by atoms with Gasteiger partial charge in [0.05, 0.1) is 0 Å². The summed E-state index contributed by atoms with van der Waals surface area (Å²) in [6.45, 7) is 5.52. The van der Waals surface area contributed by atoms with Crippen molar-refractivity contribution in [1.82, 2.24) is 9.88 Å². The monoisotopic (exact) mass is 294 g/mol. The standard InChI is InChI=1S/C14H18N2O3S/c1-10(13-7-5-4-6-8-13)9-15-20(17,18)14-11(2)16-19-12(14)3/h4-8,10,15H,9H2,1-3H3/t10-/m0/s1. The molecule has 0 bridgehead atoms. The van der Waals surface area contributed by atoms with Gasteiger partial charge in [-0.05, 0) is 25.3 Å². The smallest absolute Gasteiger partial charge is 0.245 e. The molecule has 20 heavy (non-hydrogen) atoms. The third kappa shape index (κ3) is 3.08. The van der Waals surface area contributed by atoms with E-state index in [1.54, 1.807) is 13.8 Å². The quantitative estimate of drug-likeness (QED) is 0.919. The summed E-state index contributed by atoms with van der Waals surface area (Å²) < 4.78 is 32.0. The van der Waals surface area contributed by atoms with Gasteiger partial charge in [0.1, 0.15) is 10.6 Å². The Bertz CT molecular complexity index is 658. The molecule has 0 fully saturated rings. The Labute approximate surface area is 119 Å². The average molecular weight is 294 g/mol. The molecule has 1 aromatic heterocycles. The molecular formula is C14H18N2O3S. The van der Waals surface area contributed by atoms with E-state index in [0.717, 1.165) is 5.56 Å². The third-order valence-electron chi connectivity index (χ3n) is 3.18. The largest absolute Gasteiger partial charge is 0.360 e. The second-order valence-electron chi connectivity index (χ2n) is 4.82. The Hall–Kier alpha value is -1.66. The molecular weight excluding hydrogens is 276 g/mol. The highest BCUT2D eigenvalue weighted by atomic mass is 32.2. The van der Waals surface area contributed by atoms with Crippen LogP contribution in [-0.2, 0) is 10.0 Å². The normalized spacial score (nSPS) is 13.3. The van der Waals surface area contributed by atoms with Crippen LogP contribution in [-0.4, -0.2) is 20.1 Å². The molecule has 0 amide bonds. The van der Waals surface area contributed by atoms with Crippen LogP contribution in [0.5, 0.6) is 0 Å². The van der Waals surface area contributed by atoms with Gasteiger partial charge in [0.25, 0.3) is 0 Å². The first-order valence-corrected chi connectivity index (χ1v) is 7.87. The molecule has 0 saturated carbocycles. The lowest BCUT2D eigenvalue weighted by Gasteiger charge is -2.13. The molecule has 1 aromatic carbocycles. The van der Waals surface area contributed by atoms with Crippen LogP contribution in [0.3, 0.4) is 0 Å². The van der Waals surface area contributed by atoms with Crippen LogP contribution in [0.25, 0.3) is 0 Å². The molecule has 6 heteroatoms. The number of hydrogen-bond acceptors (Lipinski definition) is 4. The zero-order valence-corrected chi connectivity index (χ0v) is 12.6. The molecule has 0 saturated heterocycles. The molecule has 0 unspecified atom stereocenters. The lowest BCUT2D eigenvalue weighted by molar-refractivity contribution is 0.390. The Morgan fingerprint density at radius 3 is 2.45 bits per heavy atom. The van der Waals surface area contributed by atoms with Crippen LogP contribution in [0.15, 0.2) is 39.8 Å². The van der Waals surface area contributed by atoms with Gasteiger partial charge in [-0.2, -0.15) is 0 Å². The first-order valence-electron chi connectivity index (χ1n) is 6.39. The van der Waals surface area contributed by atoms with Crippen molar-refractivity contribution in [1.29, 1.82) is 0 Å². The molecule has 2 rings (SSSR count). The molecule has 5 nitrogen and oxygen atoms in total. The Morgan fingerprint density at radius 2 is 1.90 bits per heavy atom. The second-order valence-corrected chi connectivity index (χ2v) is 6.52. The number of rotatable bonds is 5. The molecule has 1 atom stereocenters. The number of sulfonamides is 1. The molecule has 2 aromatic rings. The van der Waals surface area contributed by atoms with Crippen LogP contribution in [0.4, 0.5) is 0 Å². The van der Waals surface area contributed by atoms with Crippen molar-refractivity contribution in [2.45, 2.75) is 31.6 Å². The van der Waals surface area contributed by atoms with E-state index in [0.29, 0.717) is 18.0 Å². The van der Waals surface area contributed by atoms with Crippen LogP contribution in [0, 0.1) is 13.8 Å². The number of hydrogen-bond donors (Lipinski definition) is 1. The highest BCUT2D eigenvalue weighted by molar-refractivity contribution is 7.89. The van der Waals surface area contributed by atoms with E-state index >= 15 is 0 Å². The number of aromatic nitrogens is 1. The van der Waals surface area contributed by atoms with E-state index in [2.05, 4.69) is 9.88 Å². The summed E-state index contributed by atoms with van der Waals surface area (Å²) in [5.74, 6) is 0.397. The maximum absolute atomic E-state index is 12.3. The van der Waals surface area contributed by atoms with Crippen molar-refractivity contribution < 1.29 is 12.9 Å². The fraction of sp³-hybridized carbons (Fsp3) is 0.357. The summed E-state index contributed by atoms with van der Waals surface area (Å²) in [5.41, 5.74) is 1.47. The highest BCUT2D eigenvalue weighted by Gasteiger charge is 2.24. The fourth-order valence-electron chi connectivity index (χ4n) is 2.06. The van der Waals surface area contributed by atoms with Gasteiger partial charge in [-0.25, -0.2) is 13.1 Å². The SMILES string of the molecule is Cc1noc(C)c1S(=O)(=O)NC[C@H](C)c1ccccc1. The predicted octanol–water partition coefficient (Wildman–Crippen LogP) is 2.37. The first kappa shape index (κ1) is 14.7. The van der Waals surface area contributed by atoms with Crippen molar-refractivity contribution >= 4 is 10.0 Å². The van der Waals surface area contributed by atoms with Crippen molar-refractivity contribution in [3.8, 4) is 0 Å².